The maximum atomic E-state index is 11.7. The molecule has 2 aromatic rings. The number of amides is 1. The molecule has 0 atom stereocenters. The maximum absolute atomic E-state index is 11.7. The van der Waals surface area contributed by atoms with Crippen LogP contribution in [0.3, 0.4) is 0 Å². The zero-order valence-electron chi connectivity index (χ0n) is 9.14. The third kappa shape index (κ3) is 2.25. The number of carbonyl (C=O) groups is 1. The molecule has 2 rings (SSSR count). The van der Waals surface area contributed by atoms with Gasteiger partial charge in [-0.1, -0.05) is 22.9 Å². The van der Waals surface area contributed by atoms with Crippen LogP contribution in [0.4, 0.5) is 5.69 Å². The molecule has 16 heavy (non-hydrogen) atoms. The van der Waals surface area contributed by atoms with Crippen molar-refractivity contribution in [3.05, 3.63) is 41.7 Å². The van der Waals surface area contributed by atoms with Gasteiger partial charge in [0, 0.05) is 12.7 Å². The molecule has 5 nitrogen and oxygen atoms in total. The molecule has 1 aromatic carbocycles. The molecule has 0 fully saturated rings. The number of benzene rings is 1. The third-order valence-corrected chi connectivity index (χ3v) is 2.14. The van der Waals surface area contributed by atoms with Gasteiger partial charge in [0.25, 0.3) is 5.91 Å². The van der Waals surface area contributed by atoms with Crippen molar-refractivity contribution in [3.8, 4) is 0 Å². The number of hydrogen-bond donors (Lipinski definition) is 1. The van der Waals surface area contributed by atoms with Crippen LogP contribution < -0.4 is 5.32 Å². The van der Waals surface area contributed by atoms with Crippen LogP contribution in [0.1, 0.15) is 16.1 Å². The fraction of sp³-hybridized carbons (Fsp3) is 0.182. The van der Waals surface area contributed by atoms with E-state index in [1.807, 2.05) is 31.2 Å². The molecule has 0 saturated heterocycles. The Morgan fingerprint density at radius 3 is 2.56 bits per heavy atom. The van der Waals surface area contributed by atoms with Gasteiger partial charge in [-0.3, -0.25) is 9.48 Å². The Balaban J connectivity index is 2.10. The highest BCUT2D eigenvalue weighted by Gasteiger charge is 2.09. The topological polar surface area (TPSA) is 59.8 Å². The van der Waals surface area contributed by atoms with Crippen molar-refractivity contribution in [3.63, 3.8) is 0 Å². The Morgan fingerprint density at radius 2 is 2.00 bits per heavy atom. The highest BCUT2D eigenvalue weighted by atomic mass is 16.2. The summed E-state index contributed by atoms with van der Waals surface area (Å²) in [5.74, 6) is -0.253. The Morgan fingerprint density at radius 1 is 1.31 bits per heavy atom. The van der Waals surface area contributed by atoms with Gasteiger partial charge in [0.05, 0.1) is 6.20 Å². The molecule has 0 spiro atoms. The van der Waals surface area contributed by atoms with Crippen LogP contribution in [-0.4, -0.2) is 20.9 Å². The van der Waals surface area contributed by atoms with Crippen LogP contribution in [0.2, 0.25) is 0 Å². The molecule has 0 aliphatic rings. The van der Waals surface area contributed by atoms with Crippen LogP contribution >= 0.6 is 0 Å². The molecule has 0 saturated carbocycles. The van der Waals surface area contributed by atoms with E-state index in [1.54, 1.807) is 13.2 Å². The molecular weight excluding hydrogens is 204 g/mol. The normalized spacial score (nSPS) is 10.1. The van der Waals surface area contributed by atoms with E-state index in [9.17, 15) is 4.79 Å². The van der Waals surface area contributed by atoms with Crippen molar-refractivity contribution < 1.29 is 4.79 Å². The second-order valence-corrected chi connectivity index (χ2v) is 3.60. The Kier molecular flexibility index (Phi) is 2.68. The largest absolute Gasteiger partial charge is 0.321 e. The number of aromatic nitrogens is 3. The maximum Gasteiger partial charge on any atom is 0.277 e. The molecule has 1 aromatic heterocycles. The van der Waals surface area contributed by atoms with Gasteiger partial charge >= 0.3 is 0 Å². The first-order valence-corrected chi connectivity index (χ1v) is 4.89. The molecule has 0 radical (unpaired) electrons. The first-order chi connectivity index (χ1) is 7.65. The Labute approximate surface area is 93.1 Å². The fourth-order valence-corrected chi connectivity index (χ4v) is 1.28. The van der Waals surface area contributed by atoms with Crippen molar-refractivity contribution in [2.75, 3.05) is 5.32 Å². The van der Waals surface area contributed by atoms with E-state index < -0.39 is 0 Å². The van der Waals surface area contributed by atoms with E-state index in [-0.39, 0.29) is 5.91 Å². The number of hydrogen-bond acceptors (Lipinski definition) is 3. The van der Waals surface area contributed by atoms with Crippen LogP contribution in [0.15, 0.2) is 30.5 Å². The van der Waals surface area contributed by atoms with Crippen molar-refractivity contribution in [1.29, 1.82) is 0 Å². The molecule has 0 unspecified atom stereocenters. The standard InChI is InChI=1S/C11H12N4O/c1-8-3-5-9(6-4-8)12-11(16)10-7-15(2)14-13-10/h3-7H,1-2H3,(H,12,16). The smallest absolute Gasteiger partial charge is 0.277 e. The molecule has 0 aliphatic carbocycles. The summed E-state index contributed by atoms with van der Waals surface area (Å²) in [6, 6.07) is 7.58. The predicted octanol–water partition coefficient (Wildman–Crippen LogP) is 1.38. The second-order valence-electron chi connectivity index (χ2n) is 3.60. The van der Waals surface area contributed by atoms with Crippen LogP contribution in [0.25, 0.3) is 0 Å². The number of carbonyl (C=O) groups excluding carboxylic acids is 1. The highest BCUT2D eigenvalue weighted by molar-refractivity contribution is 6.02. The summed E-state index contributed by atoms with van der Waals surface area (Å²) in [6.45, 7) is 1.99. The van der Waals surface area contributed by atoms with Crippen molar-refractivity contribution in [2.24, 2.45) is 7.05 Å². The average molecular weight is 216 g/mol. The summed E-state index contributed by atoms with van der Waals surface area (Å²) < 4.78 is 1.49. The zero-order chi connectivity index (χ0) is 11.5. The van der Waals surface area contributed by atoms with Gasteiger partial charge in [0.15, 0.2) is 5.69 Å². The van der Waals surface area contributed by atoms with Crippen LogP contribution in [0, 0.1) is 6.92 Å². The molecule has 0 bridgehead atoms. The van der Waals surface area contributed by atoms with E-state index in [2.05, 4.69) is 15.6 Å². The van der Waals surface area contributed by atoms with Gasteiger partial charge in [-0.15, -0.1) is 5.10 Å². The lowest BCUT2D eigenvalue weighted by atomic mass is 10.2. The van der Waals surface area contributed by atoms with Gasteiger partial charge in [-0.25, -0.2) is 0 Å². The minimum absolute atomic E-state index is 0.253. The fourth-order valence-electron chi connectivity index (χ4n) is 1.28. The van der Waals surface area contributed by atoms with Crippen molar-refractivity contribution >= 4 is 11.6 Å². The lowest BCUT2D eigenvalue weighted by Gasteiger charge is -2.02. The van der Waals surface area contributed by atoms with Gasteiger partial charge < -0.3 is 5.32 Å². The van der Waals surface area contributed by atoms with Gasteiger partial charge in [0.2, 0.25) is 0 Å². The minimum atomic E-state index is -0.253. The van der Waals surface area contributed by atoms with E-state index >= 15 is 0 Å². The number of nitrogens with zero attached hydrogens (tertiary/aromatic N) is 3. The van der Waals surface area contributed by atoms with Gasteiger partial charge in [0.1, 0.15) is 0 Å². The number of nitrogens with one attached hydrogen (secondary N) is 1. The molecular formula is C11H12N4O. The third-order valence-electron chi connectivity index (χ3n) is 2.14. The summed E-state index contributed by atoms with van der Waals surface area (Å²) in [7, 11) is 1.72. The van der Waals surface area contributed by atoms with Gasteiger partial charge in [-0.2, -0.15) is 0 Å². The van der Waals surface area contributed by atoms with E-state index in [4.69, 9.17) is 0 Å². The monoisotopic (exact) mass is 216 g/mol. The molecule has 5 heteroatoms. The first kappa shape index (κ1) is 10.4. The molecule has 0 aliphatic heterocycles. The summed E-state index contributed by atoms with van der Waals surface area (Å²) in [6.07, 6.45) is 1.57. The van der Waals surface area contributed by atoms with E-state index in [1.165, 1.54) is 4.68 Å². The molecule has 1 amide bonds. The molecule has 1 heterocycles. The summed E-state index contributed by atoms with van der Waals surface area (Å²) in [4.78, 5) is 11.7. The predicted molar refractivity (Wildman–Crippen MR) is 60.1 cm³/mol. The molecule has 82 valence electrons. The molecule has 1 N–H and O–H groups in total. The quantitative estimate of drug-likeness (QED) is 0.824. The summed E-state index contributed by atoms with van der Waals surface area (Å²) >= 11 is 0. The number of aryl methyl sites for hydroxylation is 2. The van der Waals surface area contributed by atoms with Crippen molar-refractivity contribution in [2.45, 2.75) is 6.92 Å². The summed E-state index contributed by atoms with van der Waals surface area (Å²) in [5.41, 5.74) is 2.21. The number of rotatable bonds is 2. The van der Waals surface area contributed by atoms with Crippen molar-refractivity contribution in [1.82, 2.24) is 15.0 Å². The zero-order valence-corrected chi connectivity index (χ0v) is 9.14. The Hall–Kier alpha value is -2.17. The highest BCUT2D eigenvalue weighted by Crippen LogP contribution is 2.09. The SMILES string of the molecule is Cc1ccc(NC(=O)c2cn(C)nn2)cc1. The minimum Gasteiger partial charge on any atom is -0.321 e. The van der Waals surface area contributed by atoms with Gasteiger partial charge in [-0.05, 0) is 19.1 Å². The van der Waals surface area contributed by atoms with E-state index in [0.717, 1.165) is 11.3 Å². The Bertz CT molecular complexity index is 501. The first-order valence-electron chi connectivity index (χ1n) is 4.89. The van der Waals surface area contributed by atoms with Crippen LogP contribution in [-0.2, 0) is 7.05 Å². The van der Waals surface area contributed by atoms with Crippen LogP contribution in [0.5, 0.6) is 0 Å². The average Bonchev–Trinajstić information content (AvgIpc) is 2.68. The van der Waals surface area contributed by atoms with E-state index in [0.29, 0.717) is 5.69 Å². The second kappa shape index (κ2) is 4.14. The lowest BCUT2D eigenvalue weighted by Crippen LogP contribution is -2.12. The number of anilines is 1. The summed E-state index contributed by atoms with van der Waals surface area (Å²) in [5, 5.41) is 10.2. The lowest BCUT2D eigenvalue weighted by molar-refractivity contribution is 0.102.